The molecular formula is C15H17NO4. The third-order valence-electron chi connectivity index (χ3n) is 3.38. The van der Waals surface area contributed by atoms with Crippen LogP contribution in [-0.2, 0) is 9.59 Å². The summed E-state index contributed by atoms with van der Waals surface area (Å²) in [6.45, 7) is 0.796. The van der Waals surface area contributed by atoms with Crippen molar-refractivity contribution in [3.8, 4) is 5.75 Å². The summed E-state index contributed by atoms with van der Waals surface area (Å²) in [5.41, 5.74) is 0.896. The predicted octanol–water partition coefficient (Wildman–Crippen LogP) is 1.64. The molecule has 1 fully saturated rings. The van der Waals surface area contributed by atoms with Crippen LogP contribution in [-0.4, -0.2) is 42.1 Å². The second kappa shape index (κ2) is 6.23. The van der Waals surface area contributed by atoms with Crippen molar-refractivity contribution in [2.75, 3.05) is 20.2 Å². The molecule has 1 atom stereocenters. The van der Waals surface area contributed by atoms with E-state index < -0.39 is 11.9 Å². The molecule has 1 N–H and O–H groups in total. The van der Waals surface area contributed by atoms with Crippen LogP contribution in [0.3, 0.4) is 0 Å². The molecule has 1 heterocycles. The number of carboxylic acid groups (broad SMARTS) is 1. The van der Waals surface area contributed by atoms with Gasteiger partial charge in [0.25, 0.3) is 0 Å². The lowest BCUT2D eigenvalue weighted by atomic mass is 10.1. The minimum Gasteiger partial charge on any atom is -0.497 e. The van der Waals surface area contributed by atoms with E-state index in [1.807, 2.05) is 24.3 Å². The Kier molecular flexibility index (Phi) is 4.40. The largest absolute Gasteiger partial charge is 0.497 e. The summed E-state index contributed by atoms with van der Waals surface area (Å²) in [5, 5.41) is 8.90. The van der Waals surface area contributed by atoms with E-state index in [4.69, 9.17) is 9.84 Å². The Morgan fingerprint density at radius 2 is 2.05 bits per heavy atom. The minimum atomic E-state index is -0.834. The number of hydrogen-bond donors (Lipinski definition) is 1. The van der Waals surface area contributed by atoms with Crippen molar-refractivity contribution >= 4 is 18.0 Å². The molecule has 1 amide bonds. The molecule has 0 aromatic heterocycles. The fraction of sp³-hybridized carbons (Fsp3) is 0.333. The second-order valence-corrected chi connectivity index (χ2v) is 4.71. The molecule has 1 aromatic carbocycles. The average molecular weight is 275 g/mol. The number of aliphatic carboxylic acids is 1. The summed E-state index contributed by atoms with van der Waals surface area (Å²) < 4.78 is 5.06. The smallest absolute Gasteiger partial charge is 0.308 e. The van der Waals surface area contributed by atoms with Crippen molar-refractivity contribution in [2.24, 2.45) is 5.92 Å². The normalized spacial score (nSPS) is 18.4. The maximum atomic E-state index is 11.9. The number of ether oxygens (including phenoxy) is 1. The van der Waals surface area contributed by atoms with E-state index in [-0.39, 0.29) is 5.91 Å². The third kappa shape index (κ3) is 3.38. The van der Waals surface area contributed by atoms with Crippen molar-refractivity contribution in [1.29, 1.82) is 0 Å². The van der Waals surface area contributed by atoms with Gasteiger partial charge in [0.15, 0.2) is 0 Å². The lowest BCUT2D eigenvalue weighted by Crippen LogP contribution is -2.28. The van der Waals surface area contributed by atoms with Gasteiger partial charge in [-0.1, -0.05) is 12.1 Å². The first-order valence-electron chi connectivity index (χ1n) is 6.44. The molecule has 0 spiro atoms. The molecule has 1 saturated heterocycles. The molecule has 1 unspecified atom stereocenters. The Hall–Kier alpha value is -2.30. The molecule has 1 aromatic rings. The number of hydrogen-bond acceptors (Lipinski definition) is 3. The summed E-state index contributed by atoms with van der Waals surface area (Å²) in [7, 11) is 1.60. The van der Waals surface area contributed by atoms with Crippen molar-refractivity contribution in [1.82, 2.24) is 4.90 Å². The highest BCUT2D eigenvalue weighted by Gasteiger charge is 2.29. The van der Waals surface area contributed by atoms with E-state index >= 15 is 0 Å². The zero-order chi connectivity index (χ0) is 14.5. The quantitative estimate of drug-likeness (QED) is 0.848. The lowest BCUT2D eigenvalue weighted by molar-refractivity contribution is -0.141. The van der Waals surface area contributed by atoms with Gasteiger partial charge in [0.2, 0.25) is 5.91 Å². The molecule has 0 aliphatic carbocycles. The van der Waals surface area contributed by atoms with E-state index in [1.54, 1.807) is 18.1 Å². The third-order valence-corrected chi connectivity index (χ3v) is 3.38. The Labute approximate surface area is 117 Å². The van der Waals surface area contributed by atoms with E-state index in [2.05, 4.69) is 0 Å². The number of methoxy groups -OCH3 is 1. The van der Waals surface area contributed by atoms with Crippen LogP contribution in [0.15, 0.2) is 30.3 Å². The highest BCUT2D eigenvalue weighted by atomic mass is 16.5. The number of amides is 1. The Morgan fingerprint density at radius 1 is 1.35 bits per heavy atom. The predicted molar refractivity (Wildman–Crippen MR) is 74.4 cm³/mol. The number of carbonyl (C=O) groups is 2. The van der Waals surface area contributed by atoms with Crippen molar-refractivity contribution in [3.63, 3.8) is 0 Å². The Morgan fingerprint density at radius 3 is 2.60 bits per heavy atom. The van der Waals surface area contributed by atoms with Gasteiger partial charge in [-0.25, -0.2) is 0 Å². The molecule has 2 rings (SSSR count). The van der Waals surface area contributed by atoms with Gasteiger partial charge in [-0.15, -0.1) is 0 Å². The van der Waals surface area contributed by atoms with Crippen LogP contribution < -0.4 is 4.74 Å². The molecule has 106 valence electrons. The zero-order valence-corrected chi connectivity index (χ0v) is 11.3. The number of likely N-dealkylation sites (tertiary alicyclic amines) is 1. The molecular weight excluding hydrogens is 258 g/mol. The molecule has 0 saturated carbocycles. The van der Waals surface area contributed by atoms with Crippen LogP contribution in [0.2, 0.25) is 0 Å². The molecule has 1 aliphatic rings. The first-order valence-corrected chi connectivity index (χ1v) is 6.44. The SMILES string of the molecule is COc1ccc(C=CC(=O)N2CCC(C(=O)O)C2)cc1. The first-order chi connectivity index (χ1) is 9.60. The topological polar surface area (TPSA) is 66.8 Å². The molecule has 20 heavy (non-hydrogen) atoms. The van der Waals surface area contributed by atoms with Gasteiger partial charge < -0.3 is 14.7 Å². The number of carboxylic acids is 1. The maximum Gasteiger partial charge on any atom is 0.308 e. The van der Waals surface area contributed by atoms with Crippen LogP contribution in [0.1, 0.15) is 12.0 Å². The van der Waals surface area contributed by atoms with Crippen LogP contribution in [0, 0.1) is 5.92 Å². The van der Waals surface area contributed by atoms with Gasteiger partial charge >= 0.3 is 5.97 Å². The van der Waals surface area contributed by atoms with Gasteiger partial charge in [0, 0.05) is 19.2 Å². The van der Waals surface area contributed by atoms with E-state index in [9.17, 15) is 9.59 Å². The summed E-state index contributed by atoms with van der Waals surface area (Å²) in [6, 6.07) is 7.35. The van der Waals surface area contributed by atoms with Crippen LogP contribution in [0.5, 0.6) is 5.75 Å². The number of carbonyl (C=O) groups excluding carboxylic acids is 1. The Balaban J connectivity index is 1.93. The number of rotatable bonds is 4. The van der Waals surface area contributed by atoms with Crippen LogP contribution in [0.4, 0.5) is 0 Å². The summed E-state index contributed by atoms with van der Waals surface area (Å²) in [5.74, 6) is -0.658. The van der Waals surface area contributed by atoms with Gasteiger partial charge in [-0.3, -0.25) is 9.59 Å². The van der Waals surface area contributed by atoms with E-state index in [0.717, 1.165) is 11.3 Å². The van der Waals surface area contributed by atoms with Crippen molar-refractivity contribution in [3.05, 3.63) is 35.9 Å². The second-order valence-electron chi connectivity index (χ2n) is 4.71. The minimum absolute atomic E-state index is 0.149. The van der Waals surface area contributed by atoms with Crippen LogP contribution in [0.25, 0.3) is 6.08 Å². The molecule has 5 nitrogen and oxygen atoms in total. The highest BCUT2D eigenvalue weighted by molar-refractivity contribution is 5.92. The van der Waals surface area contributed by atoms with Gasteiger partial charge in [-0.2, -0.15) is 0 Å². The van der Waals surface area contributed by atoms with Gasteiger partial charge in [0.1, 0.15) is 5.75 Å². The lowest BCUT2D eigenvalue weighted by Gasteiger charge is -2.12. The molecule has 5 heteroatoms. The summed E-state index contributed by atoms with van der Waals surface area (Å²) in [6.07, 6.45) is 3.72. The summed E-state index contributed by atoms with van der Waals surface area (Å²) >= 11 is 0. The fourth-order valence-electron chi connectivity index (χ4n) is 2.15. The number of benzene rings is 1. The van der Waals surface area contributed by atoms with E-state index in [1.165, 1.54) is 6.08 Å². The monoisotopic (exact) mass is 275 g/mol. The molecule has 0 radical (unpaired) electrons. The van der Waals surface area contributed by atoms with E-state index in [0.29, 0.717) is 19.5 Å². The molecule has 0 bridgehead atoms. The van der Waals surface area contributed by atoms with Crippen LogP contribution >= 0.6 is 0 Å². The standard InChI is InChI=1S/C15H17NO4/c1-20-13-5-2-11(3-6-13)4-7-14(17)16-9-8-12(10-16)15(18)19/h2-7,12H,8-10H2,1H3,(H,18,19). The van der Waals surface area contributed by atoms with Gasteiger partial charge in [-0.05, 0) is 30.2 Å². The fourth-order valence-corrected chi connectivity index (χ4v) is 2.15. The zero-order valence-electron chi connectivity index (χ0n) is 11.3. The van der Waals surface area contributed by atoms with Crippen molar-refractivity contribution < 1.29 is 19.4 Å². The summed E-state index contributed by atoms with van der Waals surface area (Å²) in [4.78, 5) is 24.3. The average Bonchev–Trinajstić information content (AvgIpc) is 2.95. The molecule has 1 aliphatic heterocycles. The van der Waals surface area contributed by atoms with Crippen molar-refractivity contribution in [2.45, 2.75) is 6.42 Å². The number of nitrogens with zero attached hydrogens (tertiary/aromatic N) is 1. The van der Waals surface area contributed by atoms with Gasteiger partial charge in [0.05, 0.1) is 13.0 Å². The maximum absolute atomic E-state index is 11.9. The Bertz CT molecular complexity index is 521. The highest BCUT2D eigenvalue weighted by Crippen LogP contribution is 2.17. The first kappa shape index (κ1) is 14.1.